The Morgan fingerprint density at radius 3 is 2.55 bits per heavy atom. The zero-order chi connectivity index (χ0) is 23.4. The molecule has 2 saturated heterocycles. The van der Waals surface area contributed by atoms with Gasteiger partial charge in [-0.05, 0) is 36.8 Å². The van der Waals surface area contributed by atoms with E-state index in [1.54, 1.807) is 33.7 Å². The highest BCUT2D eigenvalue weighted by Gasteiger charge is 2.51. The van der Waals surface area contributed by atoms with Gasteiger partial charge in [0.15, 0.2) is 0 Å². The molecule has 4 amide bonds. The zero-order valence-electron chi connectivity index (χ0n) is 19.6. The fraction of sp³-hybridized carbons (Fsp3) is 0.625. The molecule has 0 unspecified atom stereocenters. The van der Waals surface area contributed by atoms with E-state index < -0.39 is 12.2 Å². The first kappa shape index (κ1) is 23.9. The third-order valence-electron chi connectivity index (χ3n) is 6.99. The summed E-state index contributed by atoms with van der Waals surface area (Å²) in [5.74, 6) is 0.758. The number of amides is 4. The summed E-state index contributed by atoms with van der Waals surface area (Å²) >= 11 is 1.68. The van der Waals surface area contributed by atoms with Crippen molar-refractivity contribution in [2.45, 2.75) is 63.3 Å². The van der Waals surface area contributed by atoms with Crippen LogP contribution < -0.4 is 5.32 Å². The van der Waals surface area contributed by atoms with E-state index in [0.717, 1.165) is 37.0 Å². The first-order chi connectivity index (χ1) is 16.0. The van der Waals surface area contributed by atoms with Crippen LogP contribution in [0.15, 0.2) is 30.3 Å². The molecule has 180 valence electrons. The lowest BCUT2D eigenvalue weighted by molar-refractivity contribution is -0.189. The Bertz CT molecular complexity index is 848. The van der Waals surface area contributed by atoms with Crippen molar-refractivity contribution in [1.82, 2.24) is 25.1 Å². The number of nitrogens with zero attached hydrogens (tertiary/aromatic N) is 4. The Labute approximate surface area is 200 Å². The summed E-state index contributed by atoms with van der Waals surface area (Å²) in [6.07, 6.45) is 7.58. The first-order valence-electron chi connectivity index (χ1n) is 11.9. The molecular formula is C24H35N5O3S. The topological polar surface area (TPSA) is 76.2 Å². The smallest absolute Gasteiger partial charge is 0.334 e. The minimum atomic E-state index is -0.510. The molecule has 1 aromatic rings. The maximum Gasteiger partial charge on any atom is 0.334 e. The van der Waals surface area contributed by atoms with E-state index in [1.807, 2.05) is 41.5 Å². The lowest BCUT2D eigenvalue weighted by atomic mass is 9.92. The number of fused-ring (bicyclic) bond motifs is 1. The summed E-state index contributed by atoms with van der Waals surface area (Å²) in [7, 11) is 1.77. The largest absolute Gasteiger partial charge is 0.334 e. The van der Waals surface area contributed by atoms with Crippen LogP contribution in [0.5, 0.6) is 0 Å². The predicted octanol–water partition coefficient (Wildman–Crippen LogP) is 2.51. The monoisotopic (exact) mass is 473 g/mol. The van der Waals surface area contributed by atoms with E-state index in [9.17, 15) is 14.4 Å². The molecule has 3 aliphatic rings. The molecule has 0 radical (unpaired) electrons. The molecule has 1 aromatic carbocycles. The van der Waals surface area contributed by atoms with Crippen LogP contribution >= 0.6 is 11.8 Å². The lowest BCUT2D eigenvalue weighted by Crippen LogP contribution is -2.76. The molecule has 0 aromatic heterocycles. The number of carbonyl (C=O) groups excluding carboxylic acids is 3. The molecule has 1 aliphatic carbocycles. The minimum absolute atomic E-state index is 0.0507. The SMILES string of the molecule is CSCC[C@H]1C(=O)N(C2CCCCC2)C[C@H]2N1C(=O)CN(C)N2C(=O)NCc1ccccc1. The molecular weight excluding hydrogens is 438 g/mol. The Kier molecular flexibility index (Phi) is 7.80. The van der Waals surface area contributed by atoms with Crippen LogP contribution in [0.2, 0.25) is 0 Å². The number of rotatable bonds is 6. The summed E-state index contributed by atoms with van der Waals surface area (Å²) in [6.45, 7) is 0.863. The zero-order valence-corrected chi connectivity index (χ0v) is 20.4. The van der Waals surface area contributed by atoms with Gasteiger partial charge >= 0.3 is 6.03 Å². The fourth-order valence-corrected chi connectivity index (χ4v) is 5.81. The van der Waals surface area contributed by atoms with Crippen molar-refractivity contribution in [3.8, 4) is 0 Å². The highest BCUT2D eigenvalue weighted by Crippen LogP contribution is 2.32. The van der Waals surface area contributed by atoms with Gasteiger partial charge in [0.05, 0.1) is 13.1 Å². The number of hydrazine groups is 1. The van der Waals surface area contributed by atoms with Gasteiger partial charge in [0.2, 0.25) is 11.8 Å². The molecule has 8 nitrogen and oxygen atoms in total. The highest BCUT2D eigenvalue weighted by atomic mass is 32.2. The van der Waals surface area contributed by atoms with Crippen LogP contribution in [-0.4, -0.2) is 88.1 Å². The van der Waals surface area contributed by atoms with Gasteiger partial charge in [-0.1, -0.05) is 49.6 Å². The molecule has 1 saturated carbocycles. The van der Waals surface area contributed by atoms with E-state index in [1.165, 1.54) is 6.42 Å². The van der Waals surface area contributed by atoms with Crippen molar-refractivity contribution < 1.29 is 14.4 Å². The van der Waals surface area contributed by atoms with E-state index >= 15 is 0 Å². The number of benzene rings is 1. The van der Waals surface area contributed by atoms with E-state index in [-0.39, 0.29) is 30.4 Å². The number of urea groups is 1. The molecule has 1 N–H and O–H groups in total. The molecule has 3 fully saturated rings. The summed E-state index contributed by atoms with van der Waals surface area (Å²) in [6, 6.07) is 9.22. The molecule has 9 heteroatoms. The summed E-state index contributed by atoms with van der Waals surface area (Å²) in [4.78, 5) is 43.8. The van der Waals surface area contributed by atoms with Crippen molar-refractivity contribution in [3.63, 3.8) is 0 Å². The Hall–Kier alpha value is -2.26. The second-order valence-electron chi connectivity index (χ2n) is 9.17. The minimum Gasteiger partial charge on any atom is -0.334 e. The quantitative estimate of drug-likeness (QED) is 0.687. The molecule has 0 bridgehead atoms. The fourth-order valence-electron chi connectivity index (χ4n) is 5.35. The second kappa shape index (κ2) is 10.8. The van der Waals surface area contributed by atoms with E-state index in [2.05, 4.69) is 5.32 Å². The Balaban J connectivity index is 1.58. The summed E-state index contributed by atoms with van der Waals surface area (Å²) in [5.41, 5.74) is 1.01. The number of likely N-dealkylation sites (N-methyl/N-ethyl adjacent to an activating group) is 1. The second-order valence-corrected chi connectivity index (χ2v) is 10.2. The summed E-state index contributed by atoms with van der Waals surface area (Å²) < 4.78 is 0. The van der Waals surface area contributed by atoms with E-state index in [4.69, 9.17) is 0 Å². The van der Waals surface area contributed by atoms with Crippen LogP contribution in [0, 0.1) is 0 Å². The van der Waals surface area contributed by atoms with Crippen molar-refractivity contribution in [3.05, 3.63) is 35.9 Å². The molecule has 2 aliphatic heterocycles. The van der Waals surface area contributed by atoms with Crippen LogP contribution in [0.25, 0.3) is 0 Å². The molecule has 4 rings (SSSR count). The summed E-state index contributed by atoms with van der Waals surface area (Å²) in [5, 5.41) is 6.36. The maximum atomic E-state index is 13.6. The average molecular weight is 474 g/mol. The van der Waals surface area contributed by atoms with Crippen molar-refractivity contribution in [2.24, 2.45) is 0 Å². The number of thioether (sulfide) groups is 1. The van der Waals surface area contributed by atoms with Gasteiger partial charge in [-0.3, -0.25) is 9.59 Å². The third kappa shape index (κ3) is 5.14. The van der Waals surface area contributed by atoms with Gasteiger partial charge in [0.1, 0.15) is 12.2 Å². The first-order valence-corrected chi connectivity index (χ1v) is 13.3. The van der Waals surface area contributed by atoms with Gasteiger partial charge in [-0.2, -0.15) is 11.8 Å². The van der Waals surface area contributed by atoms with Gasteiger partial charge in [0.25, 0.3) is 0 Å². The molecule has 33 heavy (non-hydrogen) atoms. The van der Waals surface area contributed by atoms with Gasteiger partial charge in [-0.25, -0.2) is 14.8 Å². The molecule has 2 atom stereocenters. The van der Waals surface area contributed by atoms with Crippen LogP contribution in [0.1, 0.15) is 44.1 Å². The number of hydrogen-bond donors (Lipinski definition) is 1. The van der Waals surface area contributed by atoms with E-state index in [0.29, 0.717) is 19.5 Å². The molecule has 2 heterocycles. The number of hydrogen-bond acceptors (Lipinski definition) is 5. The Morgan fingerprint density at radius 2 is 1.85 bits per heavy atom. The highest BCUT2D eigenvalue weighted by molar-refractivity contribution is 7.98. The lowest BCUT2D eigenvalue weighted by Gasteiger charge is -2.55. The van der Waals surface area contributed by atoms with Crippen molar-refractivity contribution in [2.75, 3.05) is 32.1 Å². The number of piperazine rings is 1. The van der Waals surface area contributed by atoms with Crippen LogP contribution in [0.3, 0.4) is 0 Å². The normalized spacial score (nSPS) is 24.7. The van der Waals surface area contributed by atoms with Gasteiger partial charge in [-0.15, -0.1) is 0 Å². The standard InChI is InChI=1S/C24H35N5O3S/c1-26-17-22(30)28-20(13-14-33-2)23(31)27(19-11-7-4-8-12-19)16-21(28)29(26)24(32)25-15-18-9-5-3-6-10-18/h3,5-6,9-10,19-21H,4,7-8,11-17H2,1-2H3,(H,25,32)/t20-,21-/m0/s1. The third-order valence-corrected chi connectivity index (χ3v) is 7.64. The number of carbonyl (C=O) groups is 3. The predicted molar refractivity (Wildman–Crippen MR) is 129 cm³/mol. The van der Waals surface area contributed by atoms with Gasteiger partial charge in [0, 0.05) is 19.6 Å². The van der Waals surface area contributed by atoms with Crippen molar-refractivity contribution in [1.29, 1.82) is 0 Å². The Morgan fingerprint density at radius 1 is 1.12 bits per heavy atom. The average Bonchev–Trinajstić information content (AvgIpc) is 2.83. The van der Waals surface area contributed by atoms with Crippen molar-refractivity contribution >= 4 is 29.6 Å². The molecule has 0 spiro atoms. The number of nitrogens with one attached hydrogen (secondary N) is 1. The van der Waals surface area contributed by atoms with Gasteiger partial charge < -0.3 is 15.1 Å². The van der Waals surface area contributed by atoms with Crippen LogP contribution in [0.4, 0.5) is 4.79 Å². The van der Waals surface area contributed by atoms with Crippen LogP contribution in [-0.2, 0) is 16.1 Å². The maximum absolute atomic E-state index is 13.6.